The molecule has 1 aliphatic rings. The smallest absolute Gasteiger partial charge is 0.153 e. The Labute approximate surface area is 87.8 Å². The number of halogens is 1. The monoisotopic (exact) mass is 213 g/mol. The minimum atomic E-state index is 0.442. The van der Waals surface area contributed by atoms with Gasteiger partial charge in [0.15, 0.2) is 5.15 Å². The van der Waals surface area contributed by atoms with Crippen LogP contribution in [0.3, 0.4) is 0 Å². The molecule has 0 N–H and O–H groups in total. The SMILES string of the molecule is Cc1nnc(Cl)cc1N1CCOCC1. The van der Waals surface area contributed by atoms with Crippen LogP contribution in [0.4, 0.5) is 5.69 Å². The maximum absolute atomic E-state index is 5.80. The first-order valence-electron chi connectivity index (χ1n) is 4.60. The van der Waals surface area contributed by atoms with Crippen molar-refractivity contribution in [2.24, 2.45) is 0 Å². The molecule has 0 radical (unpaired) electrons. The van der Waals surface area contributed by atoms with Crippen molar-refractivity contribution in [1.29, 1.82) is 0 Å². The molecule has 1 fully saturated rings. The number of aryl methyl sites for hydroxylation is 1. The zero-order chi connectivity index (χ0) is 9.97. The number of hydrogen-bond donors (Lipinski definition) is 0. The molecule has 1 saturated heterocycles. The molecule has 0 aliphatic carbocycles. The highest BCUT2D eigenvalue weighted by Gasteiger charge is 2.14. The molecule has 2 heterocycles. The Kier molecular flexibility index (Phi) is 2.84. The second-order valence-electron chi connectivity index (χ2n) is 3.24. The van der Waals surface area contributed by atoms with Crippen LogP contribution in [0, 0.1) is 6.92 Å². The summed E-state index contributed by atoms with van der Waals surface area (Å²) in [6, 6.07) is 1.86. The summed E-state index contributed by atoms with van der Waals surface area (Å²) in [5, 5.41) is 8.22. The van der Waals surface area contributed by atoms with Gasteiger partial charge >= 0.3 is 0 Å². The number of aromatic nitrogens is 2. The van der Waals surface area contributed by atoms with Crippen LogP contribution in [-0.2, 0) is 4.74 Å². The molecule has 0 unspecified atom stereocenters. The molecule has 76 valence electrons. The van der Waals surface area contributed by atoms with Crippen molar-refractivity contribution >= 4 is 17.3 Å². The Bertz CT molecular complexity index is 326. The Balaban J connectivity index is 2.24. The van der Waals surface area contributed by atoms with Gasteiger partial charge in [0.2, 0.25) is 0 Å². The van der Waals surface area contributed by atoms with Crippen LogP contribution < -0.4 is 4.90 Å². The van der Waals surface area contributed by atoms with Crippen molar-refractivity contribution in [3.63, 3.8) is 0 Å². The average molecular weight is 214 g/mol. The minimum Gasteiger partial charge on any atom is -0.378 e. The molecule has 1 aromatic rings. The lowest BCUT2D eigenvalue weighted by Crippen LogP contribution is -2.36. The fraction of sp³-hybridized carbons (Fsp3) is 0.556. The maximum Gasteiger partial charge on any atom is 0.153 e. The second-order valence-corrected chi connectivity index (χ2v) is 3.62. The van der Waals surface area contributed by atoms with Crippen molar-refractivity contribution < 1.29 is 4.74 Å². The van der Waals surface area contributed by atoms with Crippen LogP contribution in [0.2, 0.25) is 5.15 Å². The number of ether oxygens (including phenoxy) is 1. The van der Waals surface area contributed by atoms with Gasteiger partial charge in [-0.25, -0.2) is 0 Å². The molecule has 0 bridgehead atoms. The second kappa shape index (κ2) is 4.11. The fourth-order valence-corrected chi connectivity index (χ4v) is 1.69. The molecule has 0 spiro atoms. The van der Waals surface area contributed by atoms with Crippen molar-refractivity contribution in [1.82, 2.24) is 10.2 Å². The third-order valence-electron chi connectivity index (χ3n) is 2.27. The largest absolute Gasteiger partial charge is 0.378 e. The van der Waals surface area contributed by atoms with E-state index in [-0.39, 0.29) is 0 Å². The van der Waals surface area contributed by atoms with E-state index < -0.39 is 0 Å². The zero-order valence-electron chi connectivity index (χ0n) is 8.03. The molecule has 2 rings (SSSR count). The predicted octanol–water partition coefficient (Wildman–Crippen LogP) is 1.28. The predicted molar refractivity (Wildman–Crippen MR) is 54.8 cm³/mol. The van der Waals surface area contributed by atoms with E-state index in [0.717, 1.165) is 37.7 Å². The number of nitrogens with zero attached hydrogens (tertiary/aromatic N) is 3. The first kappa shape index (κ1) is 9.68. The first-order valence-corrected chi connectivity index (χ1v) is 4.97. The van der Waals surface area contributed by atoms with Crippen molar-refractivity contribution in [3.05, 3.63) is 16.9 Å². The molecule has 5 heteroatoms. The molecular weight excluding hydrogens is 202 g/mol. The standard InChI is InChI=1S/C9H12ClN3O/c1-7-8(6-9(10)12-11-7)13-2-4-14-5-3-13/h6H,2-5H2,1H3. The van der Waals surface area contributed by atoms with Gasteiger partial charge < -0.3 is 9.64 Å². The van der Waals surface area contributed by atoms with Gasteiger partial charge in [0.05, 0.1) is 24.6 Å². The van der Waals surface area contributed by atoms with E-state index in [9.17, 15) is 0 Å². The van der Waals surface area contributed by atoms with Gasteiger partial charge in [0, 0.05) is 19.2 Å². The Morgan fingerprint density at radius 2 is 2.07 bits per heavy atom. The molecule has 0 saturated carbocycles. The Hall–Kier alpha value is -0.870. The van der Waals surface area contributed by atoms with E-state index in [1.54, 1.807) is 0 Å². The van der Waals surface area contributed by atoms with Gasteiger partial charge in [-0.1, -0.05) is 11.6 Å². The molecular formula is C9H12ClN3O. The van der Waals surface area contributed by atoms with Crippen LogP contribution >= 0.6 is 11.6 Å². The van der Waals surface area contributed by atoms with Crippen LogP contribution in [-0.4, -0.2) is 36.5 Å². The molecule has 4 nitrogen and oxygen atoms in total. The van der Waals surface area contributed by atoms with E-state index >= 15 is 0 Å². The molecule has 0 atom stereocenters. The first-order chi connectivity index (χ1) is 6.77. The molecule has 1 aromatic heterocycles. The molecule has 14 heavy (non-hydrogen) atoms. The van der Waals surface area contributed by atoms with E-state index in [1.165, 1.54) is 0 Å². The lowest BCUT2D eigenvalue weighted by molar-refractivity contribution is 0.122. The highest BCUT2D eigenvalue weighted by atomic mass is 35.5. The third-order valence-corrected chi connectivity index (χ3v) is 2.46. The van der Waals surface area contributed by atoms with Gasteiger partial charge in [-0.2, -0.15) is 5.10 Å². The van der Waals surface area contributed by atoms with Gasteiger partial charge in [-0.15, -0.1) is 5.10 Å². The maximum atomic E-state index is 5.80. The summed E-state index contributed by atoms with van der Waals surface area (Å²) in [5.41, 5.74) is 1.98. The normalized spacial score (nSPS) is 17.1. The average Bonchev–Trinajstić information content (AvgIpc) is 2.23. The minimum absolute atomic E-state index is 0.442. The number of hydrogen-bond acceptors (Lipinski definition) is 4. The van der Waals surface area contributed by atoms with Crippen LogP contribution in [0.1, 0.15) is 5.69 Å². The highest BCUT2D eigenvalue weighted by Crippen LogP contribution is 2.21. The van der Waals surface area contributed by atoms with Crippen molar-refractivity contribution in [2.45, 2.75) is 6.92 Å². The third kappa shape index (κ3) is 1.96. The van der Waals surface area contributed by atoms with E-state index in [4.69, 9.17) is 16.3 Å². The van der Waals surface area contributed by atoms with Crippen molar-refractivity contribution in [3.8, 4) is 0 Å². The quantitative estimate of drug-likeness (QED) is 0.705. The fourth-order valence-electron chi connectivity index (χ4n) is 1.54. The van der Waals surface area contributed by atoms with Crippen LogP contribution in [0.15, 0.2) is 6.07 Å². The van der Waals surface area contributed by atoms with Crippen LogP contribution in [0.25, 0.3) is 0 Å². The van der Waals surface area contributed by atoms with E-state index in [0.29, 0.717) is 5.15 Å². The van der Waals surface area contributed by atoms with E-state index in [2.05, 4.69) is 15.1 Å². The summed E-state index contributed by atoms with van der Waals surface area (Å²) in [6.45, 7) is 5.25. The van der Waals surface area contributed by atoms with Gasteiger partial charge in [-0.05, 0) is 6.92 Å². The topological polar surface area (TPSA) is 38.2 Å². The summed E-state index contributed by atoms with van der Waals surface area (Å²) in [4.78, 5) is 2.22. The summed E-state index contributed by atoms with van der Waals surface area (Å²) < 4.78 is 5.28. The summed E-state index contributed by atoms with van der Waals surface area (Å²) in [7, 11) is 0. The summed E-state index contributed by atoms with van der Waals surface area (Å²) in [5.74, 6) is 0. The lowest BCUT2D eigenvalue weighted by atomic mass is 10.3. The highest BCUT2D eigenvalue weighted by molar-refractivity contribution is 6.29. The van der Waals surface area contributed by atoms with Crippen LogP contribution in [0.5, 0.6) is 0 Å². The number of anilines is 1. The summed E-state index contributed by atoms with van der Waals surface area (Å²) in [6.07, 6.45) is 0. The number of rotatable bonds is 1. The molecule has 0 aromatic carbocycles. The number of morpholine rings is 1. The van der Waals surface area contributed by atoms with Gasteiger partial charge in [-0.3, -0.25) is 0 Å². The van der Waals surface area contributed by atoms with Crippen molar-refractivity contribution in [2.75, 3.05) is 31.2 Å². The summed E-state index contributed by atoms with van der Waals surface area (Å²) >= 11 is 5.80. The zero-order valence-corrected chi connectivity index (χ0v) is 8.79. The lowest BCUT2D eigenvalue weighted by Gasteiger charge is -2.29. The Morgan fingerprint density at radius 1 is 1.36 bits per heavy atom. The molecule has 0 amide bonds. The van der Waals surface area contributed by atoms with Gasteiger partial charge in [0.1, 0.15) is 0 Å². The van der Waals surface area contributed by atoms with E-state index in [1.807, 2.05) is 13.0 Å². The Morgan fingerprint density at radius 3 is 2.79 bits per heavy atom. The van der Waals surface area contributed by atoms with Gasteiger partial charge in [0.25, 0.3) is 0 Å². The molecule has 1 aliphatic heterocycles.